The monoisotopic (exact) mass is 554 g/mol. The van der Waals surface area contributed by atoms with Crippen LogP contribution in [0.2, 0.25) is 0 Å². The van der Waals surface area contributed by atoms with Crippen LogP contribution >= 0.6 is 0 Å². The maximum atomic E-state index is 12.0. The highest BCUT2D eigenvalue weighted by Gasteiger charge is 2.15. The first kappa shape index (κ1) is 38.1. The van der Waals surface area contributed by atoms with Gasteiger partial charge in [-0.1, -0.05) is 167 Å². The highest BCUT2D eigenvalue weighted by Crippen LogP contribution is 2.14. The minimum atomic E-state index is -0.934. The normalized spacial score (nSPS) is 14.1. The number of carbonyl (C=O) groups excluding carboxylic acids is 1. The molecule has 0 aromatic carbocycles. The summed E-state index contributed by atoms with van der Waals surface area (Å²) < 4.78 is 5.26. The number of esters is 1. The Morgan fingerprint density at radius 2 is 1.00 bits per heavy atom. The molecule has 0 radical (unpaired) electrons. The van der Waals surface area contributed by atoms with Gasteiger partial charge in [0, 0.05) is 6.42 Å². The van der Waals surface area contributed by atoms with Gasteiger partial charge in [0.15, 0.2) is 0 Å². The molecule has 0 aliphatic heterocycles. The molecule has 5 heteroatoms. The van der Waals surface area contributed by atoms with Gasteiger partial charge < -0.3 is 20.7 Å². The lowest BCUT2D eigenvalue weighted by Crippen LogP contribution is -2.38. The molecule has 0 spiro atoms. The number of nitrogens with two attached hydrogens (primary N) is 1. The van der Waals surface area contributed by atoms with Crippen LogP contribution in [0.1, 0.15) is 174 Å². The Morgan fingerprint density at radius 1 is 0.615 bits per heavy atom. The molecule has 4 N–H and O–H groups in total. The van der Waals surface area contributed by atoms with Crippen LogP contribution in [0.3, 0.4) is 0 Å². The second-order valence-electron chi connectivity index (χ2n) is 11.8. The summed E-state index contributed by atoms with van der Waals surface area (Å²) in [6.45, 7) is 4.51. The van der Waals surface area contributed by atoms with E-state index in [1.807, 2.05) is 0 Å². The third kappa shape index (κ3) is 28.4. The number of rotatable bonds is 30. The molecule has 0 amide bonds. The van der Waals surface area contributed by atoms with Crippen LogP contribution in [0, 0.1) is 0 Å². The first-order valence-electron chi connectivity index (χ1n) is 17.0. The van der Waals surface area contributed by atoms with Gasteiger partial charge >= 0.3 is 5.97 Å². The zero-order valence-corrected chi connectivity index (χ0v) is 26.1. The average Bonchev–Trinajstić information content (AvgIpc) is 2.93. The highest BCUT2D eigenvalue weighted by atomic mass is 16.5. The van der Waals surface area contributed by atoms with Gasteiger partial charge in [-0.05, 0) is 12.8 Å². The summed E-state index contributed by atoms with van der Waals surface area (Å²) in [5.74, 6) is -0.245. The van der Waals surface area contributed by atoms with Crippen molar-refractivity contribution >= 4 is 5.97 Å². The van der Waals surface area contributed by atoms with E-state index in [-0.39, 0.29) is 12.6 Å². The highest BCUT2D eigenvalue weighted by molar-refractivity contribution is 5.69. The predicted molar refractivity (Wildman–Crippen MR) is 167 cm³/mol. The molecule has 0 saturated carbocycles. The van der Waals surface area contributed by atoms with E-state index in [9.17, 15) is 15.0 Å². The van der Waals surface area contributed by atoms with Gasteiger partial charge in [-0.2, -0.15) is 0 Å². The van der Waals surface area contributed by atoms with E-state index < -0.39 is 18.2 Å². The molecule has 0 fully saturated rings. The fourth-order valence-corrected chi connectivity index (χ4v) is 4.97. The molecule has 3 atom stereocenters. The topological polar surface area (TPSA) is 92.8 Å². The van der Waals surface area contributed by atoms with E-state index in [0.29, 0.717) is 12.8 Å². The van der Waals surface area contributed by atoms with E-state index in [2.05, 4.69) is 13.8 Å². The Balaban J connectivity index is 3.61. The van der Waals surface area contributed by atoms with Gasteiger partial charge in [0.05, 0.1) is 18.2 Å². The number of aliphatic hydroxyl groups is 2. The zero-order chi connectivity index (χ0) is 28.8. The van der Waals surface area contributed by atoms with Crippen LogP contribution < -0.4 is 5.73 Å². The van der Waals surface area contributed by atoms with Gasteiger partial charge in [-0.3, -0.25) is 4.79 Å². The molecule has 0 aromatic rings. The van der Waals surface area contributed by atoms with Crippen molar-refractivity contribution in [2.75, 3.05) is 6.61 Å². The first-order valence-corrected chi connectivity index (χ1v) is 17.0. The summed E-state index contributed by atoms with van der Waals surface area (Å²) in [5, 5.41) is 20.4. The standard InChI is InChI=1S/C34H67NO4/c1-3-5-7-9-11-13-15-16-17-19-21-23-25-27-34(38)39-30-32(35)33(37)29-28-31(36)26-24-22-20-18-14-12-10-8-6-4-2/h28-29,31-33,36-37H,3-27,30,35H2,1-2H3/b29-28+. The molecule has 3 unspecified atom stereocenters. The van der Waals surface area contributed by atoms with Gasteiger partial charge in [-0.25, -0.2) is 0 Å². The number of hydrogen-bond acceptors (Lipinski definition) is 5. The predicted octanol–water partition coefficient (Wildman–Crippen LogP) is 8.93. The third-order valence-corrected chi connectivity index (χ3v) is 7.74. The number of aliphatic hydroxyl groups excluding tert-OH is 2. The molecule has 0 aromatic heterocycles. The van der Waals surface area contributed by atoms with Crippen LogP contribution in [0.15, 0.2) is 12.2 Å². The van der Waals surface area contributed by atoms with Gasteiger partial charge in [-0.15, -0.1) is 0 Å². The second kappa shape index (κ2) is 30.1. The SMILES string of the molecule is CCCCCCCCCCCCCCCC(=O)OCC(N)C(O)/C=C/C(O)CCCCCCCCCCCC. The van der Waals surface area contributed by atoms with Crippen LogP contribution in [0.4, 0.5) is 0 Å². The van der Waals surface area contributed by atoms with Crippen LogP contribution in [-0.4, -0.2) is 41.0 Å². The van der Waals surface area contributed by atoms with Crippen LogP contribution in [-0.2, 0) is 9.53 Å². The second-order valence-corrected chi connectivity index (χ2v) is 11.8. The molecule has 232 valence electrons. The van der Waals surface area contributed by atoms with E-state index in [0.717, 1.165) is 25.7 Å². The van der Waals surface area contributed by atoms with Gasteiger partial charge in [0.2, 0.25) is 0 Å². The Bertz CT molecular complexity index is 539. The minimum absolute atomic E-state index is 0.00265. The summed E-state index contributed by atoms with van der Waals surface area (Å²) in [5.41, 5.74) is 5.97. The molecule has 5 nitrogen and oxygen atoms in total. The summed E-state index contributed by atoms with van der Waals surface area (Å²) in [6.07, 6.45) is 32.0. The maximum absolute atomic E-state index is 12.0. The summed E-state index contributed by atoms with van der Waals surface area (Å²) in [4.78, 5) is 12.0. The van der Waals surface area contributed by atoms with Crippen molar-refractivity contribution in [3.05, 3.63) is 12.2 Å². The summed E-state index contributed by atoms with van der Waals surface area (Å²) >= 11 is 0. The van der Waals surface area contributed by atoms with E-state index >= 15 is 0 Å². The van der Waals surface area contributed by atoms with Crippen molar-refractivity contribution in [3.8, 4) is 0 Å². The van der Waals surface area contributed by atoms with Crippen LogP contribution in [0.25, 0.3) is 0 Å². The fourth-order valence-electron chi connectivity index (χ4n) is 4.97. The minimum Gasteiger partial charge on any atom is -0.464 e. The molecule has 0 aliphatic carbocycles. The molecule has 0 rings (SSSR count). The Hall–Kier alpha value is -0.910. The van der Waals surface area contributed by atoms with Crippen molar-refractivity contribution in [1.82, 2.24) is 0 Å². The smallest absolute Gasteiger partial charge is 0.305 e. The molecule has 0 aliphatic rings. The van der Waals surface area contributed by atoms with E-state index in [1.165, 1.54) is 128 Å². The zero-order valence-electron chi connectivity index (χ0n) is 26.1. The lowest BCUT2D eigenvalue weighted by molar-refractivity contribution is -0.144. The largest absolute Gasteiger partial charge is 0.464 e. The number of carbonyl (C=O) groups is 1. The molecule has 0 saturated heterocycles. The molecule has 39 heavy (non-hydrogen) atoms. The van der Waals surface area contributed by atoms with Crippen molar-refractivity contribution in [3.63, 3.8) is 0 Å². The fraction of sp³-hybridized carbons (Fsp3) is 0.912. The molecule has 0 heterocycles. The van der Waals surface area contributed by atoms with Gasteiger partial charge in [0.25, 0.3) is 0 Å². The van der Waals surface area contributed by atoms with E-state index in [4.69, 9.17) is 10.5 Å². The number of unbranched alkanes of at least 4 members (excludes halogenated alkanes) is 21. The Labute approximate surface area is 242 Å². The lowest BCUT2D eigenvalue weighted by atomic mass is 10.0. The quantitative estimate of drug-likeness (QED) is 0.0469. The molecular formula is C34H67NO4. The first-order chi connectivity index (χ1) is 19.0. The van der Waals surface area contributed by atoms with Crippen molar-refractivity contribution in [2.45, 2.75) is 193 Å². The maximum Gasteiger partial charge on any atom is 0.305 e. The van der Waals surface area contributed by atoms with Crippen molar-refractivity contribution in [1.29, 1.82) is 0 Å². The summed E-state index contributed by atoms with van der Waals surface area (Å²) in [6, 6.07) is -0.679. The lowest BCUT2D eigenvalue weighted by Gasteiger charge is -2.16. The third-order valence-electron chi connectivity index (χ3n) is 7.74. The number of ether oxygens (including phenoxy) is 1. The molecule has 0 bridgehead atoms. The summed E-state index contributed by atoms with van der Waals surface area (Å²) in [7, 11) is 0. The van der Waals surface area contributed by atoms with E-state index in [1.54, 1.807) is 6.08 Å². The van der Waals surface area contributed by atoms with Gasteiger partial charge in [0.1, 0.15) is 6.61 Å². The Morgan fingerprint density at radius 3 is 1.44 bits per heavy atom. The average molecular weight is 554 g/mol. The van der Waals surface area contributed by atoms with Crippen molar-refractivity contribution in [2.24, 2.45) is 5.73 Å². The number of hydrogen-bond donors (Lipinski definition) is 3. The van der Waals surface area contributed by atoms with Crippen molar-refractivity contribution < 1.29 is 19.7 Å². The Kier molecular flexibility index (Phi) is 29.4. The van der Waals surface area contributed by atoms with Crippen LogP contribution in [0.5, 0.6) is 0 Å². The molecular weight excluding hydrogens is 486 g/mol.